The van der Waals surface area contributed by atoms with Crippen LogP contribution in [0.4, 0.5) is 0 Å². The Morgan fingerprint density at radius 2 is 2.05 bits per heavy atom. The molecule has 1 aromatic rings. The number of methoxy groups -OCH3 is 1. The molecule has 0 aliphatic rings. The largest absolute Gasteiger partial charge is 0.469 e. The first-order valence-electron chi connectivity index (χ1n) is 6.09. The number of carbonyl (C=O) groups is 2. The van der Waals surface area contributed by atoms with Crippen LogP contribution in [0.15, 0.2) is 18.2 Å². The van der Waals surface area contributed by atoms with Crippen molar-refractivity contribution in [3.63, 3.8) is 0 Å². The Balaban J connectivity index is 3.02. The molecule has 0 aliphatic heterocycles. The third-order valence-corrected chi connectivity index (χ3v) is 2.75. The van der Waals surface area contributed by atoms with Gasteiger partial charge in [0.2, 0.25) is 0 Å². The minimum absolute atomic E-state index is 0.153. The number of benzene rings is 1. The van der Waals surface area contributed by atoms with E-state index in [0.717, 1.165) is 0 Å². The summed E-state index contributed by atoms with van der Waals surface area (Å²) in [5.41, 5.74) is 1.64. The molecule has 0 aliphatic carbocycles. The molecule has 0 saturated heterocycles. The maximum atomic E-state index is 11.8. The summed E-state index contributed by atoms with van der Waals surface area (Å²) in [6, 6.07) is 5.03. The third-order valence-electron chi connectivity index (χ3n) is 2.75. The quantitative estimate of drug-likeness (QED) is 0.789. The first-order chi connectivity index (χ1) is 9.13. The first-order valence-corrected chi connectivity index (χ1v) is 6.09. The molecular weight excluding hydrogens is 248 g/mol. The van der Waals surface area contributed by atoms with Crippen LogP contribution in [0, 0.1) is 0 Å². The van der Waals surface area contributed by atoms with E-state index in [1.165, 1.54) is 7.11 Å². The summed E-state index contributed by atoms with van der Waals surface area (Å²) in [5.74, 6) is -0.805. The van der Waals surface area contributed by atoms with Crippen molar-refractivity contribution < 1.29 is 24.2 Å². The fourth-order valence-corrected chi connectivity index (χ4v) is 1.81. The monoisotopic (exact) mass is 266 g/mol. The summed E-state index contributed by atoms with van der Waals surface area (Å²) in [7, 11) is 1.31. The average Bonchev–Trinajstić information content (AvgIpc) is 2.44. The van der Waals surface area contributed by atoms with Crippen molar-refractivity contribution >= 4 is 11.9 Å². The molecule has 1 N–H and O–H groups in total. The van der Waals surface area contributed by atoms with Gasteiger partial charge in [0.15, 0.2) is 0 Å². The molecule has 0 spiro atoms. The van der Waals surface area contributed by atoms with E-state index in [-0.39, 0.29) is 25.6 Å². The smallest absolute Gasteiger partial charge is 0.338 e. The van der Waals surface area contributed by atoms with Gasteiger partial charge in [0.05, 0.1) is 25.9 Å². The third kappa shape index (κ3) is 4.06. The summed E-state index contributed by atoms with van der Waals surface area (Å²) in [6.45, 7) is 1.81. The molecule has 5 nitrogen and oxygen atoms in total. The lowest BCUT2D eigenvalue weighted by Gasteiger charge is -2.12. The second-order valence-electron chi connectivity index (χ2n) is 3.90. The van der Waals surface area contributed by atoms with E-state index in [9.17, 15) is 14.7 Å². The second-order valence-corrected chi connectivity index (χ2v) is 3.90. The van der Waals surface area contributed by atoms with E-state index in [2.05, 4.69) is 4.74 Å². The highest BCUT2D eigenvalue weighted by Crippen LogP contribution is 2.18. The predicted octanol–water partition coefficient (Wildman–Crippen LogP) is 1.46. The molecule has 1 aromatic carbocycles. The minimum Gasteiger partial charge on any atom is -0.469 e. The second kappa shape index (κ2) is 7.53. The summed E-state index contributed by atoms with van der Waals surface area (Å²) < 4.78 is 9.54. The van der Waals surface area contributed by atoms with E-state index in [1.54, 1.807) is 25.1 Å². The lowest BCUT2D eigenvalue weighted by Crippen LogP contribution is -2.12. The zero-order valence-corrected chi connectivity index (χ0v) is 11.1. The van der Waals surface area contributed by atoms with Crippen LogP contribution in [0.1, 0.15) is 34.8 Å². The molecule has 0 unspecified atom stereocenters. The van der Waals surface area contributed by atoms with Gasteiger partial charge in [-0.1, -0.05) is 12.1 Å². The number of hydrogen-bond donors (Lipinski definition) is 1. The number of rotatable bonds is 6. The molecule has 0 radical (unpaired) electrons. The van der Waals surface area contributed by atoms with E-state index in [4.69, 9.17) is 4.74 Å². The number of aliphatic hydroxyl groups excluding tert-OH is 1. The zero-order chi connectivity index (χ0) is 14.3. The Bertz CT molecular complexity index is 453. The van der Waals surface area contributed by atoms with Crippen molar-refractivity contribution in [2.75, 3.05) is 13.7 Å². The van der Waals surface area contributed by atoms with Gasteiger partial charge in [-0.05, 0) is 30.5 Å². The van der Waals surface area contributed by atoms with Crippen molar-refractivity contribution in [3.8, 4) is 0 Å². The van der Waals surface area contributed by atoms with Gasteiger partial charge in [-0.2, -0.15) is 0 Å². The molecular formula is C14H18O5. The van der Waals surface area contributed by atoms with Crippen LogP contribution in [-0.4, -0.2) is 30.8 Å². The maximum absolute atomic E-state index is 11.8. The molecule has 104 valence electrons. The lowest BCUT2D eigenvalue weighted by atomic mass is 9.97. The number of carbonyl (C=O) groups excluding carboxylic acids is 2. The molecule has 1 rings (SSSR count). The van der Waals surface area contributed by atoms with Crippen LogP contribution in [0.3, 0.4) is 0 Å². The minimum atomic E-state index is -0.447. The van der Waals surface area contributed by atoms with Gasteiger partial charge in [-0.25, -0.2) is 4.79 Å². The van der Waals surface area contributed by atoms with Gasteiger partial charge < -0.3 is 14.6 Å². The fourth-order valence-electron chi connectivity index (χ4n) is 1.81. The van der Waals surface area contributed by atoms with Gasteiger partial charge in [-0.3, -0.25) is 4.79 Å². The SMILES string of the molecule is CCOC(=O)c1cccc(CO)c1CCC(=O)OC. The van der Waals surface area contributed by atoms with Crippen LogP contribution in [0.25, 0.3) is 0 Å². The van der Waals surface area contributed by atoms with Crippen molar-refractivity contribution in [3.05, 3.63) is 34.9 Å². The van der Waals surface area contributed by atoms with Crippen LogP contribution >= 0.6 is 0 Å². The van der Waals surface area contributed by atoms with Crippen molar-refractivity contribution in [1.82, 2.24) is 0 Å². The Kier molecular flexibility index (Phi) is 6.02. The van der Waals surface area contributed by atoms with Crippen molar-refractivity contribution in [2.45, 2.75) is 26.4 Å². The topological polar surface area (TPSA) is 72.8 Å². The Morgan fingerprint density at radius 3 is 2.63 bits per heavy atom. The van der Waals surface area contributed by atoms with Crippen LogP contribution in [0.2, 0.25) is 0 Å². The molecule has 5 heteroatoms. The number of aliphatic hydroxyl groups is 1. The Labute approximate surface area is 112 Å². The zero-order valence-electron chi connectivity index (χ0n) is 11.1. The van der Waals surface area contributed by atoms with E-state index in [1.807, 2.05) is 0 Å². The van der Waals surface area contributed by atoms with E-state index >= 15 is 0 Å². The van der Waals surface area contributed by atoms with E-state index < -0.39 is 5.97 Å². The van der Waals surface area contributed by atoms with Crippen LogP contribution < -0.4 is 0 Å². The molecule has 0 heterocycles. The summed E-state index contributed by atoms with van der Waals surface area (Å²) >= 11 is 0. The highest BCUT2D eigenvalue weighted by molar-refractivity contribution is 5.91. The van der Waals surface area contributed by atoms with Gasteiger partial charge in [0.1, 0.15) is 0 Å². The summed E-state index contributed by atoms with van der Waals surface area (Å²) in [4.78, 5) is 23.0. The Hall–Kier alpha value is -1.88. The highest BCUT2D eigenvalue weighted by Gasteiger charge is 2.16. The predicted molar refractivity (Wildman–Crippen MR) is 68.7 cm³/mol. The summed E-state index contributed by atoms with van der Waals surface area (Å²) in [5, 5.41) is 9.31. The highest BCUT2D eigenvalue weighted by atomic mass is 16.5. The molecule has 0 fully saturated rings. The Morgan fingerprint density at radius 1 is 1.32 bits per heavy atom. The average molecular weight is 266 g/mol. The summed E-state index contributed by atoms with van der Waals surface area (Å²) in [6.07, 6.45) is 0.484. The molecule has 0 aromatic heterocycles. The van der Waals surface area contributed by atoms with Gasteiger partial charge in [-0.15, -0.1) is 0 Å². The number of ether oxygens (including phenoxy) is 2. The first kappa shape index (κ1) is 15.2. The molecule has 0 amide bonds. The standard InChI is InChI=1S/C14H18O5/c1-3-19-14(17)12-6-4-5-10(9-15)11(12)7-8-13(16)18-2/h4-6,15H,3,7-9H2,1-2H3. The van der Waals surface area contributed by atoms with Crippen molar-refractivity contribution in [1.29, 1.82) is 0 Å². The molecule has 0 saturated carbocycles. The van der Waals surface area contributed by atoms with Gasteiger partial charge >= 0.3 is 11.9 Å². The number of esters is 2. The normalized spacial score (nSPS) is 10.1. The van der Waals surface area contributed by atoms with Crippen molar-refractivity contribution in [2.24, 2.45) is 0 Å². The van der Waals surface area contributed by atoms with Crippen LogP contribution in [0.5, 0.6) is 0 Å². The van der Waals surface area contributed by atoms with Gasteiger partial charge in [0.25, 0.3) is 0 Å². The van der Waals surface area contributed by atoms with E-state index in [0.29, 0.717) is 23.1 Å². The lowest BCUT2D eigenvalue weighted by molar-refractivity contribution is -0.140. The van der Waals surface area contributed by atoms with Crippen LogP contribution in [-0.2, 0) is 27.3 Å². The molecule has 0 bridgehead atoms. The fraction of sp³-hybridized carbons (Fsp3) is 0.429. The number of hydrogen-bond acceptors (Lipinski definition) is 5. The molecule has 0 atom stereocenters. The van der Waals surface area contributed by atoms with Gasteiger partial charge in [0, 0.05) is 6.42 Å². The molecule has 19 heavy (non-hydrogen) atoms. The maximum Gasteiger partial charge on any atom is 0.338 e.